The summed E-state index contributed by atoms with van der Waals surface area (Å²) in [6.07, 6.45) is 1.21. The molecule has 3 heterocycles. The van der Waals surface area contributed by atoms with Crippen LogP contribution in [0.4, 0.5) is 5.13 Å². The van der Waals surface area contributed by atoms with Gasteiger partial charge in [-0.1, -0.05) is 6.07 Å². The normalized spacial score (nSPS) is 20.9. The van der Waals surface area contributed by atoms with Crippen LogP contribution in [0.5, 0.6) is 11.5 Å². The lowest BCUT2D eigenvalue weighted by Gasteiger charge is -2.18. The Morgan fingerprint density at radius 1 is 1.35 bits per heavy atom. The van der Waals surface area contributed by atoms with Gasteiger partial charge in [0, 0.05) is 30.2 Å². The van der Waals surface area contributed by atoms with E-state index in [-0.39, 0.29) is 30.4 Å². The van der Waals surface area contributed by atoms with Crippen molar-refractivity contribution in [2.75, 3.05) is 38.7 Å². The van der Waals surface area contributed by atoms with E-state index >= 15 is 0 Å². The molecule has 4 rings (SSSR count). The Bertz CT molecular complexity index is 951. The van der Waals surface area contributed by atoms with Crippen LogP contribution in [-0.2, 0) is 14.3 Å². The number of rotatable bonds is 7. The molecule has 0 bridgehead atoms. The predicted molar refractivity (Wildman–Crippen MR) is 117 cm³/mol. The standard InChI is InChI=1S/C22H27N3O5S/c1-13-14(2)31-22(23-13)24-20(26)11-25-10-16(9-21(25)27)15-4-5-18(28-3)19(8-15)30-17-6-7-29-12-17/h4-5,8,16-17H,6-7,9-12H2,1-3H3,(H,23,24,26)/t16-,17-/m1/s1. The maximum absolute atomic E-state index is 12.6. The molecule has 0 spiro atoms. The number of methoxy groups -OCH3 is 1. The zero-order valence-electron chi connectivity index (χ0n) is 18.0. The van der Waals surface area contributed by atoms with Gasteiger partial charge in [-0.25, -0.2) is 4.98 Å². The molecule has 1 aromatic heterocycles. The summed E-state index contributed by atoms with van der Waals surface area (Å²) in [7, 11) is 1.61. The second-order valence-electron chi connectivity index (χ2n) is 7.90. The maximum Gasteiger partial charge on any atom is 0.245 e. The van der Waals surface area contributed by atoms with E-state index in [2.05, 4.69) is 10.3 Å². The van der Waals surface area contributed by atoms with Gasteiger partial charge in [0.2, 0.25) is 11.8 Å². The summed E-state index contributed by atoms with van der Waals surface area (Å²) in [5.41, 5.74) is 1.90. The third-order valence-electron chi connectivity index (χ3n) is 5.66. The maximum atomic E-state index is 12.6. The fourth-order valence-electron chi connectivity index (χ4n) is 3.83. The summed E-state index contributed by atoms with van der Waals surface area (Å²) in [6.45, 7) is 5.64. The van der Waals surface area contributed by atoms with Gasteiger partial charge in [0.25, 0.3) is 0 Å². The third-order valence-corrected chi connectivity index (χ3v) is 6.65. The molecule has 2 aliphatic rings. The van der Waals surface area contributed by atoms with Crippen LogP contribution in [0.1, 0.15) is 34.9 Å². The van der Waals surface area contributed by atoms with E-state index in [4.69, 9.17) is 14.2 Å². The average molecular weight is 446 g/mol. The minimum absolute atomic E-state index is 0.00210. The molecule has 9 heteroatoms. The molecule has 2 fully saturated rings. The number of nitrogens with one attached hydrogen (secondary N) is 1. The van der Waals surface area contributed by atoms with Gasteiger partial charge < -0.3 is 24.4 Å². The quantitative estimate of drug-likeness (QED) is 0.705. The number of carbonyl (C=O) groups is 2. The highest BCUT2D eigenvalue weighted by Gasteiger charge is 2.32. The minimum atomic E-state index is -0.234. The van der Waals surface area contributed by atoms with Gasteiger partial charge in [-0.15, -0.1) is 11.3 Å². The van der Waals surface area contributed by atoms with Crippen LogP contribution in [0.3, 0.4) is 0 Å². The first-order valence-electron chi connectivity index (χ1n) is 10.4. The monoisotopic (exact) mass is 445 g/mol. The van der Waals surface area contributed by atoms with Crippen LogP contribution in [0.2, 0.25) is 0 Å². The number of ether oxygens (including phenoxy) is 3. The summed E-state index contributed by atoms with van der Waals surface area (Å²) in [5.74, 6) is 1.05. The lowest BCUT2D eigenvalue weighted by Crippen LogP contribution is -2.34. The number of benzene rings is 1. The zero-order valence-corrected chi connectivity index (χ0v) is 18.8. The van der Waals surface area contributed by atoms with Gasteiger partial charge in [0.05, 0.1) is 32.6 Å². The number of thiazole rings is 1. The van der Waals surface area contributed by atoms with Crippen molar-refractivity contribution in [1.29, 1.82) is 0 Å². The number of nitrogens with zero attached hydrogens (tertiary/aromatic N) is 2. The number of hydrogen-bond acceptors (Lipinski definition) is 7. The first-order chi connectivity index (χ1) is 14.9. The molecule has 2 aliphatic heterocycles. The van der Waals surface area contributed by atoms with E-state index in [1.807, 2.05) is 32.0 Å². The smallest absolute Gasteiger partial charge is 0.245 e. The van der Waals surface area contributed by atoms with Crippen molar-refractivity contribution < 1.29 is 23.8 Å². The fourth-order valence-corrected chi connectivity index (χ4v) is 4.66. The molecule has 2 saturated heterocycles. The van der Waals surface area contributed by atoms with Crippen LogP contribution >= 0.6 is 11.3 Å². The Balaban J connectivity index is 1.40. The molecule has 31 heavy (non-hydrogen) atoms. The third kappa shape index (κ3) is 4.99. The lowest BCUT2D eigenvalue weighted by atomic mass is 9.98. The molecule has 1 N–H and O–H groups in total. The second kappa shape index (κ2) is 9.23. The number of likely N-dealkylation sites (tertiary alicyclic amines) is 1. The van der Waals surface area contributed by atoms with E-state index in [1.165, 1.54) is 11.3 Å². The molecule has 166 valence electrons. The largest absolute Gasteiger partial charge is 0.493 e. The number of amides is 2. The van der Waals surface area contributed by atoms with Crippen LogP contribution in [0, 0.1) is 13.8 Å². The molecule has 0 radical (unpaired) electrons. The molecule has 0 saturated carbocycles. The van der Waals surface area contributed by atoms with Crippen molar-refractivity contribution >= 4 is 28.3 Å². The summed E-state index contributed by atoms with van der Waals surface area (Å²) in [6, 6.07) is 5.77. The molecule has 0 aliphatic carbocycles. The first kappa shape index (κ1) is 21.6. The highest BCUT2D eigenvalue weighted by Crippen LogP contribution is 2.36. The molecule has 0 unspecified atom stereocenters. The van der Waals surface area contributed by atoms with Crippen molar-refractivity contribution in [3.8, 4) is 11.5 Å². The number of hydrogen-bond donors (Lipinski definition) is 1. The summed E-state index contributed by atoms with van der Waals surface area (Å²) >= 11 is 1.44. The van der Waals surface area contributed by atoms with Crippen molar-refractivity contribution in [3.05, 3.63) is 34.3 Å². The van der Waals surface area contributed by atoms with Crippen LogP contribution < -0.4 is 14.8 Å². The zero-order chi connectivity index (χ0) is 22.0. The number of aromatic nitrogens is 1. The first-order valence-corrected chi connectivity index (χ1v) is 11.2. The van der Waals surface area contributed by atoms with Crippen molar-refractivity contribution in [1.82, 2.24) is 9.88 Å². The van der Waals surface area contributed by atoms with Crippen LogP contribution in [0.25, 0.3) is 0 Å². The van der Waals surface area contributed by atoms with E-state index in [0.717, 1.165) is 22.6 Å². The van der Waals surface area contributed by atoms with Crippen molar-refractivity contribution in [3.63, 3.8) is 0 Å². The topological polar surface area (TPSA) is 90.0 Å². The molecule has 1 aromatic carbocycles. The van der Waals surface area contributed by atoms with E-state index < -0.39 is 0 Å². The Hall–Kier alpha value is -2.65. The van der Waals surface area contributed by atoms with Gasteiger partial charge in [-0.3, -0.25) is 9.59 Å². The Kier molecular flexibility index (Phi) is 6.43. The van der Waals surface area contributed by atoms with Crippen molar-refractivity contribution in [2.24, 2.45) is 0 Å². The van der Waals surface area contributed by atoms with Gasteiger partial charge in [-0.05, 0) is 31.5 Å². The minimum Gasteiger partial charge on any atom is -0.493 e. The van der Waals surface area contributed by atoms with E-state index in [1.54, 1.807) is 12.0 Å². The highest BCUT2D eigenvalue weighted by molar-refractivity contribution is 7.15. The van der Waals surface area contributed by atoms with Crippen molar-refractivity contribution in [2.45, 2.75) is 38.7 Å². The Labute approximate surface area is 185 Å². The van der Waals surface area contributed by atoms with Gasteiger partial charge in [0.1, 0.15) is 6.10 Å². The van der Waals surface area contributed by atoms with E-state index in [9.17, 15) is 9.59 Å². The predicted octanol–water partition coefficient (Wildman–Crippen LogP) is 2.89. The van der Waals surface area contributed by atoms with Gasteiger partial charge in [-0.2, -0.15) is 0 Å². The lowest BCUT2D eigenvalue weighted by molar-refractivity contribution is -0.131. The molecule has 2 atom stereocenters. The summed E-state index contributed by atoms with van der Waals surface area (Å²) < 4.78 is 16.9. The Morgan fingerprint density at radius 2 is 2.19 bits per heavy atom. The molecular weight excluding hydrogens is 418 g/mol. The van der Waals surface area contributed by atoms with Gasteiger partial charge in [0.15, 0.2) is 16.6 Å². The number of aryl methyl sites for hydroxylation is 2. The molecule has 8 nitrogen and oxygen atoms in total. The van der Waals surface area contributed by atoms with Crippen LogP contribution in [0.15, 0.2) is 18.2 Å². The Morgan fingerprint density at radius 3 is 2.87 bits per heavy atom. The molecular formula is C22H27N3O5S. The summed E-state index contributed by atoms with van der Waals surface area (Å²) in [5, 5.41) is 3.36. The number of carbonyl (C=O) groups excluding carboxylic acids is 2. The molecule has 2 amide bonds. The highest BCUT2D eigenvalue weighted by atomic mass is 32.1. The summed E-state index contributed by atoms with van der Waals surface area (Å²) in [4.78, 5) is 32.0. The van der Waals surface area contributed by atoms with Crippen LogP contribution in [-0.4, -0.2) is 61.2 Å². The van der Waals surface area contributed by atoms with E-state index in [0.29, 0.717) is 42.8 Å². The molecule has 2 aromatic rings. The SMILES string of the molecule is COc1ccc([C@@H]2CC(=O)N(CC(=O)Nc3nc(C)c(C)s3)C2)cc1O[C@@H]1CCOC1. The average Bonchev–Trinajstić information content (AvgIpc) is 3.44. The fraction of sp³-hybridized carbons (Fsp3) is 0.500. The second-order valence-corrected chi connectivity index (χ2v) is 9.10. The number of anilines is 1. The van der Waals surface area contributed by atoms with Gasteiger partial charge >= 0.3 is 0 Å².